The number of halogens is 5. The average Bonchev–Trinajstić information content (AvgIpc) is 2.39. The van der Waals surface area contributed by atoms with E-state index in [1.54, 1.807) is 25.1 Å². The molecule has 1 aromatic rings. The van der Waals surface area contributed by atoms with Gasteiger partial charge in [-0.15, -0.1) is 0 Å². The Balaban J connectivity index is 2.31. The summed E-state index contributed by atoms with van der Waals surface area (Å²) in [5.41, 5.74) is 0.790. The van der Waals surface area contributed by atoms with Gasteiger partial charge in [0.1, 0.15) is 18.5 Å². The van der Waals surface area contributed by atoms with Gasteiger partial charge in [-0.05, 0) is 30.7 Å². The van der Waals surface area contributed by atoms with Crippen molar-refractivity contribution in [3.05, 3.63) is 28.8 Å². The van der Waals surface area contributed by atoms with Crippen LogP contribution in [0.3, 0.4) is 0 Å². The summed E-state index contributed by atoms with van der Waals surface area (Å²) >= 11 is 5.83. The van der Waals surface area contributed by atoms with Crippen LogP contribution in [0.25, 0.3) is 0 Å². The first-order chi connectivity index (χ1) is 9.72. The second-order valence-corrected chi connectivity index (χ2v) is 4.98. The van der Waals surface area contributed by atoms with Crippen LogP contribution >= 0.6 is 11.6 Å². The molecule has 1 rings (SSSR count). The van der Waals surface area contributed by atoms with E-state index in [1.165, 1.54) is 0 Å². The normalized spacial score (nSPS) is 13.5. The molecule has 0 aliphatic heterocycles. The fourth-order valence-electron chi connectivity index (χ4n) is 1.44. The first-order valence-electron chi connectivity index (χ1n) is 6.16. The van der Waals surface area contributed by atoms with Crippen LogP contribution in [0.15, 0.2) is 18.2 Å². The predicted molar refractivity (Wildman–Crippen MR) is 71.5 cm³/mol. The number of aryl methyl sites for hydroxylation is 1. The second kappa shape index (κ2) is 7.82. The monoisotopic (exact) mass is 329 g/mol. The molecule has 0 saturated heterocycles. The molecule has 1 unspecified atom stereocenters. The van der Waals surface area contributed by atoms with Crippen LogP contribution in [-0.2, 0) is 0 Å². The summed E-state index contributed by atoms with van der Waals surface area (Å²) in [6.45, 7) is 0.130. The van der Waals surface area contributed by atoms with E-state index in [0.717, 1.165) is 5.56 Å². The summed E-state index contributed by atoms with van der Waals surface area (Å²) in [6, 6.07) is 4.88. The highest BCUT2D eigenvalue weighted by Gasteiger charge is 2.40. The Morgan fingerprint density at radius 3 is 2.62 bits per heavy atom. The maximum atomic E-state index is 12.6. The van der Waals surface area contributed by atoms with Gasteiger partial charge in [-0.25, -0.2) is 8.78 Å². The summed E-state index contributed by atoms with van der Waals surface area (Å²) in [5.74, 6) is -3.65. The Morgan fingerprint density at radius 2 is 2.05 bits per heavy atom. The fraction of sp³-hybridized carbons (Fsp3) is 0.538. The number of nitrogens with one attached hydrogen (secondary N) is 1. The van der Waals surface area contributed by atoms with Gasteiger partial charge in [-0.1, -0.05) is 11.6 Å². The van der Waals surface area contributed by atoms with Gasteiger partial charge in [0.25, 0.3) is 0 Å². The van der Waals surface area contributed by atoms with Crippen molar-refractivity contribution in [2.24, 2.45) is 0 Å². The summed E-state index contributed by atoms with van der Waals surface area (Å²) in [4.78, 5) is 0. The lowest BCUT2D eigenvalue weighted by Gasteiger charge is -2.18. The Kier molecular flexibility index (Phi) is 6.70. The molecule has 8 heteroatoms. The van der Waals surface area contributed by atoms with Crippen LogP contribution in [0.2, 0.25) is 5.02 Å². The van der Waals surface area contributed by atoms with E-state index in [2.05, 4.69) is 5.32 Å². The number of benzene rings is 1. The van der Waals surface area contributed by atoms with Crippen molar-refractivity contribution < 1.29 is 27.4 Å². The van der Waals surface area contributed by atoms with E-state index in [9.17, 15) is 22.7 Å². The lowest BCUT2D eigenvalue weighted by atomic mass is 10.2. The average molecular weight is 330 g/mol. The molecule has 1 aromatic carbocycles. The highest BCUT2D eigenvalue weighted by molar-refractivity contribution is 6.31. The molecule has 1 atom stereocenters. The number of aliphatic hydroxyl groups is 1. The van der Waals surface area contributed by atoms with Crippen molar-refractivity contribution in [1.29, 1.82) is 0 Å². The molecule has 3 nitrogen and oxygen atoms in total. The molecule has 21 heavy (non-hydrogen) atoms. The highest BCUT2D eigenvalue weighted by atomic mass is 35.5. The van der Waals surface area contributed by atoms with Gasteiger partial charge in [-0.3, -0.25) is 0 Å². The van der Waals surface area contributed by atoms with Gasteiger partial charge in [0, 0.05) is 11.6 Å². The first-order valence-corrected chi connectivity index (χ1v) is 6.54. The van der Waals surface area contributed by atoms with Crippen molar-refractivity contribution in [1.82, 2.24) is 5.32 Å². The largest absolute Gasteiger partial charge is 0.491 e. The van der Waals surface area contributed by atoms with Crippen LogP contribution in [-0.4, -0.2) is 43.3 Å². The number of hydrogen-bond donors (Lipinski definition) is 2. The molecule has 0 aliphatic carbocycles. The van der Waals surface area contributed by atoms with E-state index in [-0.39, 0.29) is 13.2 Å². The molecule has 0 bridgehead atoms. The van der Waals surface area contributed by atoms with Crippen LogP contribution in [0.5, 0.6) is 5.75 Å². The maximum Gasteiger partial charge on any atom is 0.319 e. The molecule has 0 amide bonds. The molecular formula is C13H16ClF4NO2. The van der Waals surface area contributed by atoms with E-state index in [0.29, 0.717) is 10.8 Å². The molecule has 120 valence electrons. The van der Waals surface area contributed by atoms with Crippen molar-refractivity contribution in [2.75, 3.05) is 19.7 Å². The molecule has 0 saturated carbocycles. The molecule has 0 fully saturated rings. The number of aliphatic hydroxyl groups excluding tert-OH is 1. The van der Waals surface area contributed by atoms with E-state index in [4.69, 9.17) is 16.3 Å². The van der Waals surface area contributed by atoms with Crippen molar-refractivity contribution in [3.63, 3.8) is 0 Å². The zero-order valence-electron chi connectivity index (χ0n) is 11.3. The minimum absolute atomic E-state index is 0.158. The van der Waals surface area contributed by atoms with Crippen molar-refractivity contribution in [3.8, 4) is 5.75 Å². The number of rotatable bonds is 8. The highest BCUT2D eigenvalue weighted by Crippen LogP contribution is 2.22. The molecule has 2 N–H and O–H groups in total. The number of hydrogen-bond acceptors (Lipinski definition) is 3. The third-order valence-corrected chi connectivity index (χ3v) is 3.06. The summed E-state index contributed by atoms with van der Waals surface area (Å²) < 4.78 is 54.2. The Labute approximate surface area is 124 Å². The first kappa shape index (κ1) is 18.0. The minimum atomic E-state index is -4.12. The van der Waals surface area contributed by atoms with Crippen LogP contribution in [0, 0.1) is 6.92 Å². The quantitative estimate of drug-likeness (QED) is 0.721. The van der Waals surface area contributed by atoms with Gasteiger partial charge in [0.2, 0.25) is 0 Å². The number of ether oxygens (including phenoxy) is 1. The van der Waals surface area contributed by atoms with E-state index < -0.39 is 25.0 Å². The zero-order chi connectivity index (χ0) is 16.0. The van der Waals surface area contributed by atoms with Crippen LogP contribution in [0.4, 0.5) is 17.6 Å². The minimum Gasteiger partial charge on any atom is -0.491 e. The summed E-state index contributed by atoms with van der Waals surface area (Å²) in [6.07, 6.45) is -4.84. The van der Waals surface area contributed by atoms with Gasteiger partial charge in [0.05, 0.1) is 6.54 Å². The molecule has 0 spiro atoms. The maximum absolute atomic E-state index is 12.6. The standard InChI is InChI=1S/C13H16ClF4NO2/c1-8-4-10(2-3-11(8)14)21-6-9(20)5-19-7-13(17,18)12(15)16/h2-4,9,12,19-20H,5-7H2,1H3. The SMILES string of the molecule is Cc1cc(OCC(O)CNCC(F)(F)C(F)F)ccc1Cl. The molecule has 0 aromatic heterocycles. The molecule has 0 heterocycles. The summed E-state index contributed by atoms with van der Waals surface area (Å²) in [5, 5.41) is 12.2. The second-order valence-electron chi connectivity index (χ2n) is 4.57. The topological polar surface area (TPSA) is 41.5 Å². The summed E-state index contributed by atoms with van der Waals surface area (Å²) in [7, 11) is 0. The van der Waals surface area contributed by atoms with Gasteiger partial charge < -0.3 is 15.2 Å². The van der Waals surface area contributed by atoms with Crippen LogP contribution in [0.1, 0.15) is 5.56 Å². The predicted octanol–water partition coefficient (Wildman–Crippen LogP) is 2.88. The van der Waals surface area contributed by atoms with Gasteiger partial charge >= 0.3 is 12.3 Å². The van der Waals surface area contributed by atoms with Gasteiger partial charge in [0.15, 0.2) is 0 Å². The molecular weight excluding hydrogens is 314 g/mol. The smallest absolute Gasteiger partial charge is 0.319 e. The van der Waals surface area contributed by atoms with Crippen molar-refractivity contribution >= 4 is 11.6 Å². The Hall–Kier alpha value is -1.05. The lowest BCUT2D eigenvalue weighted by molar-refractivity contribution is -0.125. The fourth-order valence-corrected chi connectivity index (χ4v) is 1.56. The third-order valence-electron chi connectivity index (χ3n) is 2.63. The van der Waals surface area contributed by atoms with Crippen molar-refractivity contribution in [2.45, 2.75) is 25.4 Å². The number of alkyl halides is 4. The lowest BCUT2D eigenvalue weighted by Crippen LogP contribution is -2.42. The van der Waals surface area contributed by atoms with Crippen LogP contribution < -0.4 is 10.1 Å². The van der Waals surface area contributed by atoms with Gasteiger partial charge in [-0.2, -0.15) is 8.78 Å². The Bertz CT molecular complexity index is 460. The molecule has 0 aliphatic rings. The zero-order valence-corrected chi connectivity index (χ0v) is 12.0. The molecule has 0 radical (unpaired) electrons. The Morgan fingerprint density at radius 1 is 1.38 bits per heavy atom. The third kappa shape index (κ3) is 6.07. The van der Waals surface area contributed by atoms with E-state index in [1.807, 2.05) is 0 Å². The van der Waals surface area contributed by atoms with E-state index >= 15 is 0 Å².